The number of benzene rings is 2. The number of aryl methyl sites for hydroxylation is 1. The van der Waals surface area contributed by atoms with Crippen molar-refractivity contribution < 1.29 is 13.2 Å². The molecule has 2 nitrogen and oxygen atoms in total. The number of nitrogens with zero attached hydrogens (tertiary/aromatic N) is 1. The highest BCUT2D eigenvalue weighted by Gasteiger charge is 2.34. The van der Waals surface area contributed by atoms with Gasteiger partial charge in [-0.3, -0.25) is 0 Å². The molecule has 0 aliphatic rings. The molecule has 1 N–H and O–H groups in total. The van der Waals surface area contributed by atoms with E-state index < -0.39 is 11.7 Å². The van der Waals surface area contributed by atoms with Gasteiger partial charge in [0.25, 0.3) is 0 Å². The zero-order valence-electron chi connectivity index (χ0n) is 10.9. The Kier molecular flexibility index (Phi) is 3.28. The maximum absolute atomic E-state index is 13.1. The van der Waals surface area contributed by atoms with E-state index in [1.807, 2.05) is 13.0 Å². The number of aromatic amines is 1. The molecule has 0 amide bonds. The fourth-order valence-corrected chi connectivity index (χ4v) is 2.54. The van der Waals surface area contributed by atoms with Crippen molar-refractivity contribution in [1.29, 1.82) is 0 Å². The predicted molar refractivity (Wildman–Crippen MR) is 79.0 cm³/mol. The van der Waals surface area contributed by atoms with Crippen LogP contribution in [0.5, 0.6) is 0 Å². The van der Waals surface area contributed by atoms with Crippen molar-refractivity contribution in [3.8, 4) is 11.4 Å². The lowest BCUT2D eigenvalue weighted by Crippen LogP contribution is -2.07. The molecule has 0 aliphatic heterocycles. The van der Waals surface area contributed by atoms with E-state index in [0.717, 1.165) is 16.1 Å². The highest BCUT2D eigenvalue weighted by molar-refractivity contribution is 9.10. The van der Waals surface area contributed by atoms with Gasteiger partial charge in [-0.25, -0.2) is 4.98 Å². The highest BCUT2D eigenvalue weighted by Crippen LogP contribution is 2.36. The minimum absolute atomic E-state index is 0.0509. The van der Waals surface area contributed by atoms with E-state index in [2.05, 4.69) is 25.9 Å². The molecule has 6 heteroatoms. The normalized spacial score (nSPS) is 12.0. The monoisotopic (exact) mass is 354 g/mol. The first-order valence-electron chi connectivity index (χ1n) is 6.19. The lowest BCUT2D eigenvalue weighted by atomic mass is 10.1. The average molecular weight is 355 g/mol. The first-order valence-corrected chi connectivity index (χ1v) is 6.98. The number of H-pyrrole nitrogens is 1. The number of halogens is 4. The summed E-state index contributed by atoms with van der Waals surface area (Å²) in [4.78, 5) is 7.23. The quantitative estimate of drug-likeness (QED) is 0.629. The number of fused-ring (bicyclic) bond motifs is 1. The summed E-state index contributed by atoms with van der Waals surface area (Å²) in [5.41, 5.74) is 1.68. The zero-order chi connectivity index (χ0) is 15.2. The Morgan fingerprint density at radius 2 is 1.86 bits per heavy atom. The standard InChI is InChI=1S/C15H10BrF3N2/c1-8-6-12-13(7-11(8)16)21-14(20-12)9-4-2-3-5-10(9)15(17,18)19/h2-7H,1H3,(H,20,21). The highest BCUT2D eigenvalue weighted by atomic mass is 79.9. The largest absolute Gasteiger partial charge is 0.417 e. The van der Waals surface area contributed by atoms with Gasteiger partial charge in [-0.1, -0.05) is 34.1 Å². The average Bonchev–Trinajstić information content (AvgIpc) is 2.81. The zero-order valence-corrected chi connectivity index (χ0v) is 12.5. The molecule has 0 radical (unpaired) electrons. The van der Waals surface area contributed by atoms with Gasteiger partial charge >= 0.3 is 6.18 Å². The molecule has 0 bridgehead atoms. The first-order chi connectivity index (χ1) is 9.86. The number of aromatic nitrogens is 2. The maximum Gasteiger partial charge on any atom is 0.417 e. The minimum Gasteiger partial charge on any atom is -0.338 e. The molecular formula is C15H10BrF3N2. The molecule has 3 rings (SSSR count). The van der Waals surface area contributed by atoms with Crippen LogP contribution >= 0.6 is 15.9 Å². The van der Waals surface area contributed by atoms with E-state index in [9.17, 15) is 13.2 Å². The van der Waals surface area contributed by atoms with Crippen molar-refractivity contribution in [3.05, 3.63) is 52.0 Å². The van der Waals surface area contributed by atoms with Gasteiger partial charge in [0.1, 0.15) is 5.82 Å². The molecule has 2 aromatic carbocycles. The third kappa shape index (κ3) is 2.55. The number of hydrogen-bond acceptors (Lipinski definition) is 1. The topological polar surface area (TPSA) is 28.7 Å². The molecule has 0 saturated carbocycles. The van der Waals surface area contributed by atoms with Gasteiger partial charge in [-0.15, -0.1) is 0 Å². The van der Waals surface area contributed by atoms with Crippen molar-refractivity contribution in [2.24, 2.45) is 0 Å². The van der Waals surface area contributed by atoms with Crippen molar-refractivity contribution in [3.63, 3.8) is 0 Å². The Labute approximate surface area is 127 Å². The van der Waals surface area contributed by atoms with E-state index >= 15 is 0 Å². The molecule has 0 saturated heterocycles. The number of alkyl halides is 3. The summed E-state index contributed by atoms with van der Waals surface area (Å²) in [6.45, 7) is 1.91. The van der Waals surface area contributed by atoms with Crippen LogP contribution in [-0.4, -0.2) is 9.97 Å². The SMILES string of the molecule is Cc1cc2[nH]c(-c3ccccc3C(F)(F)F)nc2cc1Br. The fraction of sp³-hybridized carbons (Fsp3) is 0.133. The number of imidazole rings is 1. The Bertz CT molecular complexity index is 782. The van der Waals surface area contributed by atoms with Crippen LogP contribution in [0.1, 0.15) is 11.1 Å². The lowest BCUT2D eigenvalue weighted by Gasteiger charge is -2.10. The Morgan fingerprint density at radius 1 is 1.14 bits per heavy atom. The Morgan fingerprint density at radius 3 is 2.57 bits per heavy atom. The van der Waals surface area contributed by atoms with Gasteiger partial charge in [-0.05, 0) is 30.7 Å². The summed E-state index contributed by atoms with van der Waals surface area (Å²) in [5, 5.41) is 0. The summed E-state index contributed by atoms with van der Waals surface area (Å²) in [6.07, 6.45) is -4.41. The van der Waals surface area contributed by atoms with Crippen molar-refractivity contribution in [2.75, 3.05) is 0 Å². The Balaban J connectivity index is 2.22. The van der Waals surface area contributed by atoms with Gasteiger partial charge in [0, 0.05) is 10.0 Å². The summed E-state index contributed by atoms with van der Waals surface area (Å²) < 4.78 is 40.1. The molecule has 3 aromatic rings. The molecular weight excluding hydrogens is 345 g/mol. The smallest absolute Gasteiger partial charge is 0.338 e. The predicted octanol–water partition coefficient (Wildman–Crippen LogP) is 5.32. The van der Waals surface area contributed by atoms with Crippen LogP contribution in [0, 0.1) is 6.92 Å². The molecule has 0 aliphatic carbocycles. The van der Waals surface area contributed by atoms with E-state index in [0.29, 0.717) is 11.0 Å². The van der Waals surface area contributed by atoms with Crippen LogP contribution < -0.4 is 0 Å². The molecule has 108 valence electrons. The first kappa shape index (κ1) is 14.1. The van der Waals surface area contributed by atoms with Gasteiger partial charge in [-0.2, -0.15) is 13.2 Å². The van der Waals surface area contributed by atoms with Crippen LogP contribution in [0.2, 0.25) is 0 Å². The third-order valence-electron chi connectivity index (χ3n) is 3.25. The van der Waals surface area contributed by atoms with Crippen LogP contribution in [0.3, 0.4) is 0 Å². The molecule has 1 heterocycles. The summed E-state index contributed by atoms with van der Waals surface area (Å²) in [6, 6.07) is 9.06. The number of hydrogen-bond donors (Lipinski definition) is 1. The number of nitrogens with one attached hydrogen (secondary N) is 1. The van der Waals surface area contributed by atoms with Gasteiger partial charge < -0.3 is 4.98 Å². The fourth-order valence-electron chi connectivity index (χ4n) is 2.20. The van der Waals surface area contributed by atoms with Gasteiger partial charge in [0.2, 0.25) is 0 Å². The summed E-state index contributed by atoms with van der Waals surface area (Å²) in [5.74, 6) is 0.218. The maximum atomic E-state index is 13.1. The summed E-state index contributed by atoms with van der Waals surface area (Å²) >= 11 is 3.39. The van der Waals surface area contributed by atoms with Crippen LogP contribution in [-0.2, 0) is 6.18 Å². The Hall–Kier alpha value is -1.82. The molecule has 0 atom stereocenters. The van der Waals surface area contributed by atoms with Crippen LogP contribution in [0.15, 0.2) is 40.9 Å². The number of rotatable bonds is 1. The van der Waals surface area contributed by atoms with E-state index in [-0.39, 0.29) is 11.4 Å². The van der Waals surface area contributed by atoms with Crippen LogP contribution in [0.25, 0.3) is 22.4 Å². The molecule has 0 spiro atoms. The second-order valence-corrected chi connectivity index (χ2v) is 5.60. The van der Waals surface area contributed by atoms with E-state index in [1.54, 1.807) is 12.1 Å². The van der Waals surface area contributed by atoms with E-state index in [4.69, 9.17) is 0 Å². The van der Waals surface area contributed by atoms with Crippen molar-refractivity contribution in [1.82, 2.24) is 9.97 Å². The van der Waals surface area contributed by atoms with Crippen molar-refractivity contribution in [2.45, 2.75) is 13.1 Å². The van der Waals surface area contributed by atoms with Crippen LogP contribution in [0.4, 0.5) is 13.2 Å². The van der Waals surface area contributed by atoms with Gasteiger partial charge in [0.15, 0.2) is 0 Å². The third-order valence-corrected chi connectivity index (χ3v) is 4.10. The lowest BCUT2D eigenvalue weighted by molar-refractivity contribution is -0.137. The molecule has 1 aromatic heterocycles. The minimum atomic E-state index is -4.41. The van der Waals surface area contributed by atoms with Crippen molar-refractivity contribution >= 4 is 27.0 Å². The second-order valence-electron chi connectivity index (χ2n) is 4.75. The second kappa shape index (κ2) is 4.87. The van der Waals surface area contributed by atoms with Gasteiger partial charge in [0.05, 0.1) is 16.6 Å². The summed E-state index contributed by atoms with van der Waals surface area (Å²) in [7, 11) is 0. The molecule has 0 fully saturated rings. The molecule has 0 unspecified atom stereocenters. The molecule has 21 heavy (non-hydrogen) atoms. The van der Waals surface area contributed by atoms with E-state index in [1.165, 1.54) is 12.1 Å².